The number of hydrogen-bond donors (Lipinski definition) is 1. The highest BCUT2D eigenvalue weighted by atomic mass is 32.2. The molecule has 180 valence electrons. The highest BCUT2D eigenvalue weighted by molar-refractivity contribution is 7.99. The average molecular weight is 488 g/mol. The Hall–Kier alpha value is -3.45. The number of thioether (sulfide) groups is 1. The monoisotopic (exact) mass is 487 g/mol. The van der Waals surface area contributed by atoms with E-state index < -0.39 is 0 Å². The van der Waals surface area contributed by atoms with E-state index in [1.165, 1.54) is 11.8 Å². The van der Waals surface area contributed by atoms with E-state index in [9.17, 15) is 9.59 Å². The van der Waals surface area contributed by atoms with Gasteiger partial charge in [-0.2, -0.15) is 0 Å². The summed E-state index contributed by atoms with van der Waals surface area (Å²) >= 11 is 1.52. The Balaban J connectivity index is 1.55. The van der Waals surface area contributed by atoms with E-state index in [4.69, 9.17) is 9.73 Å². The van der Waals surface area contributed by atoms with Crippen LogP contribution < -0.4 is 10.1 Å². The van der Waals surface area contributed by atoms with Gasteiger partial charge in [-0.1, -0.05) is 25.1 Å². The number of carbonyl (C=O) groups excluding carboxylic acids is 2. The van der Waals surface area contributed by atoms with E-state index in [2.05, 4.69) is 30.2 Å². The summed E-state index contributed by atoms with van der Waals surface area (Å²) in [5, 5.41) is 3.60. The number of anilines is 1. The number of Topliss-reactive ketones (excluding diaryl/α,β-unsaturated/α-hetero) is 1. The molecule has 0 unspecified atom stereocenters. The first kappa shape index (κ1) is 24.7. The average Bonchev–Trinajstić information content (AvgIpc) is 2.84. The van der Waals surface area contributed by atoms with Crippen LogP contribution in [0.5, 0.6) is 5.75 Å². The molecule has 0 fully saturated rings. The fourth-order valence-electron chi connectivity index (χ4n) is 4.21. The number of aliphatic imine (C=N–C) groups is 1. The third-order valence-electron chi connectivity index (χ3n) is 5.76. The molecule has 6 nitrogen and oxygen atoms in total. The first-order chi connectivity index (χ1) is 16.8. The van der Waals surface area contributed by atoms with E-state index in [0.29, 0.717) is 21.8 Å². The number of hydrogen-bond acceptors (Lipinski definition) is 6. The molecule has 0 spiro atoms. The Kier molecular flexibility index (Phi) is 7.36. The van der Waals surface area contributed by atoms with Gasteiger partial charge in [-0.25, -0.2) is 4.98 Å². The lowest BCUT2D eigenvalue weighted by atomic mass is 9.85. The summed E-state index contributed by atoms with van der Waals surface area (Å²) in [6.45, 7) is 6.16. The van der Waals surface area contributed by atoms with Crippen LogP contribution in [-0.4, -0.2) is 40.8 Å². The third-order valence-corrected chi connectivity index (χ3v) is 6.64. The number of rotatable bonds is 8. The molecule has 7 heteroatoms. The second-order valence-electron chi connectivity index (χ2n) is 8.99. The van der Waals surface area contributed by atoms with Crippen molar-refractivity contribution in [1.29, 1.82) is 0 Å². The first-order valence-electron chi connectivity index (χ1n) is 11.6. The molecule has 1 N–H and O–H groups in total. The summed E-state index contributed by atoms with van der Waals surface area (Å²) in [6, 6.07) is 16.5. The number of ketones is 1. The van der Waals surface area contributed by atoms with E-state index in [1.807, 2.05) is 19.1 Å². The van der Waals surface area contributed by atoms with Gasteiger partial charge in [0.25, 0.3) is 5.91 Å². The summed E-state index contributed by atoms with van der Waals surface area (Å²) < 4.78 is 5.40. The minimum Gasteiger partial charge on any atom is -0.497 e. The van der Waals surface area contributed by atoms with Crippen LogP contribution in [0.25, 0.3) is 0 Å². The van der Waals surface area contributed by atoms with Gasteiger partial charge < -0.3 is 10.1 Å². The summed E-state index contributed by atoms with van der Waals surface area (Å²) in [7, 11) is 1.63. The highest BCUT2D eigenvalue weighted by Crippen LogP contribution is 2.31. The molecule has 0 aliphatic carbocycles. The molecule has 2 heterocycles. The molecular formula is C28H29N3O3S. The Bertz CT molecular complexity index is 1300. The largest absolute Gasteiger partial charge is 0.497 e. The van der Waals surface area contributed by atoms with Gasteiger partial charge in [-0.05, 0) is 68.0 Å². The van der Waals surface area contributed by atoms with Crippen molar-refractivity contribution in [3.63, 3.8) is 0 Å². The molecule has 2 aromatic carbocycles. The first-order valence-corrected chi connectivity index (χ1v) is 12.6. The smallest absolute Gasteiger partial charge is 0.258 e. The van der Waals surface area contributed by atoms with Crippen molar-refractivity contribution in [3.8, 4) is 5.75 Å². The van der Waals surface area contributed by atoms with Gasteiger partial charge in [0.2, 0.25) is 0 Å². The number of fused-ring (bicyclic) bond motifs is 1. The molecule has 0 radical (unpaired) electrons. The summed E-state index contributed by atoms with van der Waals surface area (Å²) in [6.07, 6.45) is 2.65. The number of carbonyl (C=O) groups is 2. The Morgan fingerprint density at radius 1 is 1.11 bits per heavy atom. The molecule has 0 saturated carbocycles. The molecule has 1 aliphatic heterocycles. The maximum atomic E-state index is 13.3. The number of benzene rings is 2. The van der Waals surface area contributed by atoms with Crippen LogP contribution in [0.4, 0.5) is 5.69 Å². The minimum atomic E-state index is -0.287. The molecule has 1 amide bonds. The number of aromatic nitrogens is 1. The van der Waals surface area contributed by atoms with E-state index >= 15 is 0 Å². The van der Waals surface area contributed by atoms with E-state index in [0.717, 1.165) is 34.8 Å². The zero-order valence-corrected chi connectivity index (χ0v) is 21.2. The lowest BCUT2D eigenvalue weighted by Gasteiger charge is -2.29. The van der Waals surface area contributed by atoms with E-state index in [-0.39, 0.29) is 23.7 Å². The third kappa shape index (κ3) is 5.80. The van der Waals surface area contributed by atoms with Crippen molar-refractivity contribution in [2.45, 2.75) is 44.2 Å². The van der Waals surface area contributed by atoms with Gasteiger partial charge in [0, 0.05) is 23.0 Å². The molecule has 0 bridgehead atoms. The zero-order valence-electron chi connectivity index (χ0n) is 20.4. The number of amides is 1. The number of nitrogens with zero attached hydrogens (tertiary/aromatic N) is 2. The zero-order chi connectivity index (χ0) is 25.0. The van der Waals surface area contributed by atoms with Gasteiger partial charge in [0.05, 0.1) is 30.3 Å². The van der Waals surface area contributed by atoms with Crippen molar-refractivity contribution in [1.82, 2.24) is 4.98 Å². The minimum absolute atomic E-state index is 0.0603. The maximum absolute atomic E-state index is 13.3. The summed E-state index contributed by atoms with van der Waals surface area (Å²) in [5.74, 6) is 1.24. The summed E-state index contributed by atoms with van der Waals surface area (Å²) in [5.41, 5.74) is 4.18. The van der Waals surface area contributed by atoms with Crippen molar-refractivity contribution in [2.75, 3.05) is 18.2 Å². The topological polar surface area (TPSA) is 80.7 Å². The Morgan fingerprint density at radius 2 is 1.94 bits per heavy atom. The van der Waals surface area contributed by atoms with Crippen LogP contribution in [-0.2, 0) is 6.42 Å². The molecule has 0 atom stereocenters. The lowest BCUT2D eigenvalue weighted by Crippen LogP contribution is -2.30. The van der Waals surface area contributed by atoms with E-state index in [1.54, 1.807) is 49.7 Å². The molecule has 35 heavy (non-hydrogen) atoms. The van der Waals surface area contributed by atoms with Gasteiger partial charge >= 0.3 is 0 Å². The molecule has 0 saturated heterocycles. The molecular weight excluding hydrogens is 458 g/mol. The van der Waals surface area contributed by atoms with Crippen molar-refractivity contribution < 1.29 is 14.3 Å². The SMILES string of the molecule is CCSc1ncccc1C(=O)Nc1cccc(C(=O)CC2=NC(C)(C)Cc3ccc(OC)cc32)c1. The predicted octanol–water partition coefficient (Wildman–Crippen LogP) is 5.85. The fourth-order valence-corrected chi connectivity index (χ4v) is 4.93. The quantitative estimate of drug-likeness (QED) is 0.318. The van der Waals surface area contributed by atoms with Gasteiger partial charge in [-0.15, -0.1) is 11.8 Å². The normalized spacial score (nSPS) is 14.0. The second-order valence-corrected chi connectivity index (χ2v) is 10.2. The number of nitrogens with one attached hydrogen (secondary N) is 1. The molecule has 3 aromatic rings. The van der Waals surface area contributed by atoms with Gasteiger partial charge in [0.15, 0.2) is 5.78 Å². The lowest BCUT2D eigenvalue weighted by molar-refractivity contribution is 0.0996. The standard InChI is InChI=1S/C28H29N3O3S/c1-5-35-27-22(10-7-13-29-27)26(33)30-20-9-6-8-18(14-20)25(32)16-24-23-15-21(34-4)12-11-19(23)17-28(2,3)31-24/h6-15H,5,16-17H2,1-4H3,(H,30,33). The van der Waals surface area contributed by atoms with Crippen LogP contribution >= 0.6 is 11.8 Å². The van der Waals surface area contributed by atoms with Gasteiger partial charge in [0.1, 0.15) is 10.8 Å². The number of methoxy groups -OCH3 is 1. The maximum Gasteiger partial charge on any atom is 0.258 e. The number of pyridine rings is 1. The molecule has 1 aromatic heterocycles. The molecule has 1 aliphatic rings. The van der Waals surface area contributed by atoms with Crippen molar-refractivity contribution in [3.05, 3.63) is 83.0 Å². The van der Waals surface area contributed by atoms with Crippen LogP contribution in [0.2, 0.25) is 0 Å². The summed E-state index contributed by atoms with van der Waals surface area (Å²) in [4.78, 5) is 35.4. The Morgan fingerprint density at radius 3 is 2.71 bits per heavy atom. The van der Waals surface area contributed by atoms with Crippen LogP contribution in [0.15, 0.2) is 70.8 Å². The van der Waals surface area contributed by atoms with Crippen molar-refractivity contribution >= 4 is 34.9 Å². The predicted molar refractivity (Wildman–Crippen MR) is 141 cm³/mol. The van der Waals surface area contributed by atoms with Crippen LogP contribution in [0, 0.1) is 0 Å². The van der Waals surface area contributed by atoms with Crippen LogP contribution in [0.1, 0.15) is 59.0 Å². The van der Waals surface area contributed by atoms with Gasteiger partial charge in [-0.3, -0.25) is 14.6 Å². The molecule has 4 rings (SSSR count). The second kappa shape index (κ2) is 10.4. The number of ether oxygens (including phenoxy) is 1. The Labute approximate surface area is 210 Å². The fraction of sp³-hybridized carbons (Fsp3) is 0.286. The highest BCUT2D eigenvalue weighted by Gasteiger charge is 2.28. The van der Waals surface area contributed by atoms with Crippen LogP contribution in [0.3, 0.4) is 0 Å². The van der Waals surface area contributed by atoms with Crippen molar-refractivity contribution in [2.24, 2.45) is 4.99 Å².